The van der Waals surface area contributed by atoms with E-state index in [-0.39, 0.29) is 5.91 Å². The van der Waals surface area contributed by atoms with Crippen LogP contribution in [-0.4, -0.2) is 32.2 Å². The third-order valence-corrected chi connectivity index (χ3v) is 5.93. The van der Waals surface area contributed by atoms with Crippen LogP contribution in [0.5, 0.6) is 0 Å². The van der Waals surface area contributed by atoms with Crippen LogP contribution >= 0.6 is 0 Å². The van der Waals surface area contributed by atoms with Crippen LogP contribution in [0.4, 0.5) is 0 Å². The molecule has 0 saturated carbocycles. The lowest BCUT2D eigenvalue weighted by Gasteiger charge is -2.24. The van der Waals surface area contributed by atoms with Gasteiger partial charge in [0.05, 0.1) is 25.9 Å². The normalized spacial score (nSPS) is 15.0. The molecule has 5 heteroatoms. The summed E-state index contributed by atoms with van der Waals surface area (Å²) in [6.07, 6.45) is 2.04. The summed E-state index contributed by atoms with van der Waals surface area (Å²) in [6.45, 7) is 9.36. The second-order valence-electron chi connectivity index (χ2n) is 7.91. The third kappa shape index (κ3) is 4.52. The Hall–Kier alpha value is -2.63. The molecule has 152 valence electrons. The predicted octanol–water partition coefficient (Wildman–Crippen LogP) is 2.32. The minimum absolute atomic E-state index is 0.0134. The molecule has 4 rings (SSSR count). The van der Waals surface area contributed by atoms with E-state index >= 15 is 0 Å². The number of hydrogen-bond donors (Lipinski definition) is 2. The molecule has 1 aliphatic heterocycles. The maximum Gasteiger partial charge on any atom is 0.224 e. The van der Waals surface area contributed by atoms with Crippen LogP contribution in [0.25, 0.3) is 11.0 Å². The number of fused-ring (bicyclic) bond motifs is 1. The number of ether oxygens (including phenoxy) is 1. The third-order valence-electron chi connectivity index (χ3n) is 5.93. The number of nitrogens with one attached hydrogen (secondary N) is 2. The lowest BCUT2D eigenvalue weighted by molar-refractivity contribution is -0.921. The highest BCUT2D eigenvalue weighted by Crippen LogP contribution is 2.26. The first kappa shape index (κ1) is 19.7. The molecule has 3 aromatic rings. The monoisotopic (exact) mass is 393 g/mol. The molecule has 0 aliphatic carbocycles. The van der Waals surface area contributed by atoms with Gasteiger partial charge < -0.3 is 19.4 Å². The average Bonchev–Trinajstić information content (AvgIpc) is 3.14. The fraction of sp³-hybridized carbons (Fsp3) is 0.375. The Balaban J connectivity index is 1.40. The topological polar surface area (TPSA) is 55.9 Å². The number of aryl methyl sites for hydroxylation is 2. The van der Waals surface area contributed by atoms with E-state index in [9.17, 15) is 4.79 Å². The van der Waals surface area contributed by atoms with Gasteiger partial charge in [0.2, 0.25) is 5.91 Å². The van der Waals surface area contributed by atoms with Crippen LogP contribution in [-0.2, 0) is 29.0 Å². The molecule has 1 amide bonds. The molecule has 1 aromatic heterocycles. The van der Waals surface area contributed by atoms with E-state index in [1.807, 2.05) is 12.1 Å². The van der Waals surface area contributed by atoms with Crippen molar-refractivity contribution in [3.8, 4) is 0 Å². The van der Waals surface area contributed by atoms with Crippen LogP contribution in [0.2, 0.25) is 0 Å². The lowest BCUT2D eigenvalue weighted by Crippen LogP contribution is -3.12. The molecule has 2 heterocycles. The van der Waals surface area contributed by atoms with Crippen molar-refractivity contribution in [2.75, 3.05) is 26.3 Å². The largest absolute Gasteiger partial charge is 0.464 e. The molecule has 29 heavy (non-hydrogen) atoms. The van der Waals surface area contributed by atoms with Gasteiger partial charge in [-0.25, -0.2) is 0 Å². The summed E-state index contributed by atoms with van der Waals surface area (Å²) < 4.78 is 11.2. The van der Waals surface area contributed by atoms with Gasteiger partial charge in [-0.2, -0.15) is 0 Å². The second kappa shape index (κ2) is 8.80. The number of carbonyl (C=O) groups excluding carboxylic acids is 1. The van der Waals surface area contributed by atoms with Gasteiger partial charge in [0.15, 0.2) is 0 Å². The van der Waals surface area contributed by atoms with E-state index in [1.54, 1.807) is 6.26 Å². The van der Waals surface area contributed by atoms with Gasteiger partial charge in [-0.1, -0.05) is 36.4 Å². The van der Waals surface area contributed by atoms with E-state index in [0.29, 0.717) is 13.0 Å². The average molecular weight is 394 g/mol. The molecule has 2 N–H and O–H groups in total. The molecule has 1 saturated heterocycles. The summed E-state index contributed by atoms with van der Waals surface area (Å²) >= 11 is 0. The maximum atomic E-state index is 12.6. The van der Waals surface area contributed by atoms with Gasteiger partial charge in [-0.3, -0.25) is 4.79 Å². The Morgan fingerprint density at radius 1 is 1.03 bits per heavy atom. The number of carbonyl (C=O) groups is 1. The van der Waals surface area contributed by atoms with Crippen molar-refractivity contribution in [3.63, 3.8) is 0 Å². The summed E-state index contributed by atoms with van der Waals surface area (Å²) in [6, 6.07) is 12.5. The fourth-order valence-corrected chi connectivity index (χ4v) is 3.96. The Morgan fingerprint density at radius 2 is 1.79 bits per heavy atom. The minimum atomic E-state index is 0.0134. The molecule has 0 unspecified atom stereocenters. The SMILES string of the molecule is Cc1ccc2c(CC(=O)NCc3ccccc3C[NH+]3CCOCC3)coc2c1C. The molecular formula is C24H29N2O3+. The van der Waals surface area contributed by atoms with Crippen molar-refractivity contribution >= 4 is 16.9 Å². The molecule has 1 fully saturated rings. The zero-order valence-corrected chi connectivity index (χ0v) is 17.2. The van der Waals surface area contributed by atoms with Crippen molar-refractivity contribution in [1.29, 1.82) is 0 Å². The maximum absolute atomic E-state index is 12.6. The first-order valence-corrected chi connectivity index (χ1v) is 10.3. The quantitative estimate of drug-likeness (QED) is 0.676. The molecule has 0 atom stereocenters. The number of amides is 1. The minimum Gasteiger partial charge on any atom is -0.464 e. The zero-order chi connectivity index (χ0) is 20.2. The standard InChI is InChI=1S/C24H28N2O3/c1-17-7-8-22-21(16-29-24(22)18(17)2)13-23(27)25-14-19-5-3-4-6-20(19)15-26-9-11-28-12-10-26/h3-8,16H,9-15H2,1-2H3,(H,25,27)/p+1. The molecular weight excluding hydrogens is 364 g/mol. The van der Waals surface area contributed by atoms with Gasteiger partial charge in [-0.15, -0.1) is 0 Å². The van der Waals surface area contributed by atoms with Gasteiger partial charge in [0.25, 0.3) is 0 Å². The summed E-state index contributed by atoms with van der Waals surface area (Å²) in [5.74, 6) is 0.0134. The highest BCUT2D eigenvalue weighted by Gasteiger charge is 2.17. The van der Waals surface area contributed by atoms with Crippen LogP contribution in [0.1, 0.15) is 27.8 Å². The van der Waals surface area contributed by atoms with E-state index in [0.717, 1.165) is 54.9 Å². The van der Waals surface area contributed by atoms with Crippen LogP contribution in [0.3, 0.4) is 0 Å². The fourth-order valence-electron chi connectivity index (χ4n) is 3.96. The zero-order valence-electron chi connectivity index (χ0n) is 17.2. The number of benzene rings is 2. The molecule has 0 spiro atoms. The summed E-state index contributed by atoms with van der Waals surface area (Å²) in [5, 5.41) is 4.12. The van der Waals surface area contributed by atoms with Gasteiger partial charge in [0.1, 0.15) is 25.2 Å². The first-order chi connectivity index (χ1) is 14.1. The van der Waals surface area contributed by atoms with Crippen LogP contribution in [0, 0.1) is 13.8 Å². The van der Waals surface area contributed by atoms with Gasteiger partial charge in [-0.05, 0) is 30.5 Å². The van der Waals surface area contributed by atoms with Crippen molar-refractivity contribution in [3.05, 3.63) is 70.5 Å². The molecule has 1 aliphatic rings. The molecule has 5 nitrogen and oxygen atoms in total. The summed E-state index contributed by atoms with van der Waals surface area (Å²) in [7, 11) is 0. The Morgan fingerprint density at radius 3 is 2.59 bits per heavy atom. The highest BCUT2D eigenvalue weighted by molar-refractivity contribution is 5.89. The van der Waals surface area contributed by atoms with Crippen molar-refractivity contribution in [2.45, 2.75) is 33.4 Å². The van der Waals surface area contributed by atoms with E-state index in [4.69, 9.17) is 9.15 Å². The molecule has 0 radical (unpaired) electrons. The summed E-state index contributed by atoms with van der Waals surface area (Å²) in [5.41, 5.74) is 6.63. The molecule has 2 aromatic carbocycles. The van der Waals surface area contributed by atoms with Crippen molar-refractivity contribution < 1.29 is 18.8 Å². The second-order valence-corrected chi connectivity index (χ2v) is 7.91. The number of rotatable bonds is 6. The number of furan rings is 1. The van der Waals surface area contributed by atoms with Crippen molar-refractivity contribution in [1.82, 2.24) is 5.32 Å². The predicted molar refractivity (Wildman–Crippen MR) is 113 cm³/mol. The number of morpholine rings is 1. The first-order valence-electron chi connectivity index (χ1n) is 10.3. The lowest BCUT2D eigenvalue weighted by atomic mass is 10.0. The number of hydrogen-bond acceptors (Lipinski definition) is 3. The number of quaternary nitrogens is 1. The van der Waals surface area contributed by atoms with E-state index < -0.39 is 0 Å². The summed E-state index contributed by atoms with van der Waals surface area (Å²) in [4.78, 5) is 14.1. The van der Waals surface area contributed by atoms with Gasteiger partial charge in [0, 0.05) is 23.1 Å². The Bertz CT molecular complexity index is 1000. The van der Waals surface area contributed by atoms with Crippen LogP contribution in [0.15, 0.2) is 47.1 Å². The highest BCUT2D eigenvalue weighted by atomic mass is 16.5. The van der Waals surface area contributed by atoms with E-state index in [2.05, 4.69) is 43.4 Å². The van der Waals surface area contributed by atoms with Gasteiger partial charge >= 0.3 is 0 Å². The Kier molecular flexibility index (Phi) is 5.97. The molecule has 0 bridgehead atoms. The Labute approximate surface area is 171 Å². The van der Waals surface area contributed by atoms with E-state index in [1.165, 1.54) is 21.6 Å². The van der Waals surface area contributed by atoms with Crippen molar-refractivity contribution in [2.24, 2.45) is 0 Å². The van der Waals surface area contributed by atoms with Crippen LogP contribution < -0.4 is 10.2 Å². The smallest absolute Gasteiger partial charge is 0.224 e.